The number of pyridine rings is 1. The summed E-state index contributed by atoms with van der Waals surface area (Å²) in [5.74, 6) is 0.592. The molecule has 0 fully saturated rings. The molecule has 0 saturated carbocycles. The van der Waals surface area contributed by atoms with E-state index >= 15 is 0 Å². The summed E-state index contributed by atoms with van der Waals surface area (Å²) >= 11 is 13.2. The van der Waals surface area contributed by atoms with Crippen LogP contribution in [0.25, 0.3) is 0 Å². The van der Waals surface area contributed by atoms with Gasteiger partial charge in [-0.1, -0.05) is 23.2 Å². The second-order valence-corrected chi connectivity index (χ2v) is 6.06. The topological polar surface area (TPSA) is 48.1 Å². The molecule has 2 atom stereocenters. The van der Waals surface area contributed by atoms with Crippen molar-refractivity contribution in [1.82, 2.24) is 4.98 Å². The molecule has 2 rings (SSSR count). The van der Waals surface area contributed by atoms with E-state index in [2.05, 4.69) is 4.98 Å². The Bertz CT molecular complexity index is 530. The first-order valence-electron chi connectivity index (χ1n) is 5.34. The normalized spacial score (nSPS) is 14.2. The smallest absolute Gasteiger partial charge is 0.148 e. The standard InChI is InChI=1S/C12H12Cl2N2OS/c1-7(15)12(10-2-3-11(14)18-10)17-9-4-8(13)5-16-6-9/h2-7,12H,15H2,1H3. The predicted octanol–water partition coefficient (Wildman–Crippen LogP) is 3.92. The first kappa shape index (κ1) is 13.6. The Balaban J connectivity index is 2.22. The van der Waals surface area contributed by atoms with Crippen molar-refractivity contribution in [2.45, 2.75) is 19.1 Å². The summed E-state index contributed by atoms with van der Waals surface area (Å²) < 4.78 is 6.55. The Morgan fingerprint density at radius 1 is 1.33 bits per heavy atom. The van der Waals surface area contributed by atoms with Crippen molar-refractivity contribution in [1.29, 1.82) is 0 Å². The molecule has 0 aromatic carbocycles. The summed E-state index contributed by atoms with van der Waals surface area (Å²) in [7, 11) is 0. The van der Waals surface area contributed by atoms with Gasteiger partial charge in [0.15, 0.2) is 0 Å². The molecule has 0 saturated heterocycles. The van der Waals surface area contributed by atoms with E-state index in [0.717, 1.165) is 4.88 Å². The summed E-state index contributed by atoms with van der Waals surface area (Å²) in [4.78, 5) is 4.96. The van der Waals surface area contributed by atoms with Gasteiger partial charge >= 0.3 is 0 Å². The first-order chi connectivity index (χ1) is 8.56. The Morgan fingerprint density at radius 2 is 2.11 bits per heavy atom. The number of nitrogens with two attached hydrogens (primary N) is 1. The number of rotatable bonds is 4. The van der Waals surface area contributed by atoms with Gasteiger partial charge in [-0.05, 0) is 19.1 Å². The molecule has 18 heavy (non-hydrogen) atoms. The molecule has 2 heterocycles. The Labute approximate surface area is 120 Å². The maximum absolute atomic E-state index is 5.95. The van der Waals surface area contributed by atoms with Gasteiger partial charge in [-0.2, -0.15) is 0 Å². The molecule has 3 nitrogen and oxygen atoms in total. The van der Waals surface area contributed by atoms with Gasteiger partial charge < -0.3 is 10.5 Å². The van der Waals surface area contributed by atoms with Crippen LogP contribution in [0, 0.1) is 0 Å². The quantitative estimate of drug-likeness (QED) is 0.931. The molecule has 2 aromatic heterocycles. The Kier molecular flexibility index (Phi) is 4.45. The molecule has 0 aliphatic rings. The highest BCUT2D eigenvalue weighted by atomic mass is 35.5. The average Bonchev–Trinajstić information content (AvgIpc) is 2.72. The number of aromatic nitrogens is 1. The first-order valence-corrected chi connectivity index (χ1v) is 6.91. The second-order valence-electron chi connectivity index (χ2n) is 3.88. The van der Waals surface area contributed by atoms with E-state index in [1.54, 1.807) is 18.5 Å². The molecule has 2 N–H and O–H groups in total. The number of thiophene rings is 1. The van der Waals surface area contributed by atoms with Crippen LogP contribution in [-0.4, -0.2) is 11.0 Å². The van der Waals surface area contributed by atoms with E-state index in [4.69, 9.17) is 33.7 Å². The van der Waals surface area contributed by atoms with Gasteiger partial charge in [-0.3, -0.25) is 4.98 Å². The maximum atomic E-state index is 5.95. The summed E-state index contributed by atoms with van der Waals surface area (Å²) in [6.07, 6.45) is 2.90. The van der Waals surface area contributed by atoms with E-state index < -0.39 is 0 Å². The minimum Gasteiger partial charge on any atom is -0.482 e. The van der Waals surface area contributed by atoms with Gasteiger partial charge in [0.1, 0.15) is 11.9 Å². The van der Waals surface area contributed by atoms with Crippen LogP contribution in [0.3, 0.4) is 0 Å². The fourth-order valence-corrected chi connectivity index (χ4v) is 2.88. The SMILES string of the molecule is CC(N)C(Oc1cncc(Cl)c1)c1ccc(Cl)s1. The monoisotopic (exact) mass is 302 g/mol. The van der Waals surface area contributed by atoms with Crippen LogP contribution >= 0.6 is 34.5 Å². The molecule has 0 amide bonds. The van der Waals surface area contributed by atoms with Crippen molar-refractivity contribution in [3.8, 4) is 5.75 Å². The van der Waals surface area contributed by atoms with E-state index in [0.29, 0.717) is 15.1 Å². The van der Waals surface area contributed by atoms with Crippen LogP contribution < -0.4 is 10.5 Å². The largest absolute Gasteiger partial charge is 0.482 e. The predicted molar refractivity (Wildman–Crippen MR) is 75.6 cm³/mol. The number of hydrogen-bond donors (Lipinski definition) is 1. The van der Waals surface area contributed by atoms with E-state index in [1.165, 1.54) is 11.3 Å². The van der Waals surface area contributed by atoms with Gasteiger partial charge in [0.25, 0.3) is 0 Å². The fraction of sp³-hybridized carbons (Fsp3) is 0.250. The summed E-state index contributed by atoms with van der Waals surface area (Å²) in [5, 5.41) is 0.528. The molecule has 0 spiro atoms. The maximum Gasteiger partial charge on any atom is 0.148 e. The van der Waals surface area contributed by atoms with Crippen LogP contribution in [0.15, 0.2) is 30.6 Å². The van der Waals surface area contributed by atoms with Crippen molar-refractivity contribution in [2.24, 2.45) is 5.73 Å². The molecule has 0 aliphatic carbocycles. The molecular weight excluding hydrogens is 291 g/mol. The zero-order chi connectivity index (χ0) is 13.1. The lowest BCUT2D eigenvalue weighted by Gasteiger charge is -2.21. The molecule has 96 valence electrons. The van der Waals surface area contributed by atoms with E-state index in [-0.39, 0.29) is 12.1 Å². The third-order valence-electron chi connectivity index (χ3n) is 2.29. The van der Waals surface area contributed by atoms with E-state index in [1.807, 2.05) is 19.1 Å². The van der Waals surface area contributed by atoms with Crippen molar-refractivity contribution in [3.05, 3.63) is 44.8 Å². The van der Waals surface area contributed by atoms with Gasteiger partial charge in [0.05, 0.1) is 15.6 Å². The van der Waals surface area contributed by atoms with Gasteiger partial charge in [-0.15, -0.1) is 11.3 Å². The highest BCUT2D eigenvalue weighted by Crippen LogP contribution is 2.32. The molecule has 6 heteroatoms. The third kappa shape index (κ3) is 3.36. The second kappa shape index (κ2) is 5.89. The lowest BCUT2D eigenvalue weighted by atomic mass is 10.1. The lowest BCUT2D eigenvalue weighted by molar-refractivity contribution is 0.183. The van der Waals surface area contributed by atoms with Gasteiger partial charge in [-0.25, -0.2) is 0 Å². The zero-order valence-electron chi connectivity index (χ0n) is 9.64. The third-order valence-corrected chi connectivity index (χ3v) is 3.79. The van der Waals surface area contributed by atoms with E-state index in [9.17, 15) is 0 Å². The minimum absolute atomic E-state index is 0.168. The number of ether oxygens (including phenoxy) is 1. The van der Waals surface area contributed by atoms with Gasteiger partial charge in [0.2, 0.25) is 0 Å². The van der Waals surface area contributed by atoms with Crippen molar-refractivity contribution in [3.63, 3.8) is 0 Å². The molecule has 2 unspecified atom stereocenters. The lowest BCUT2D eigenvalue weighted by Crippen LogP contribution is -2.28. The zero-order valence-corrected chi connectivity index (χ0v) is 12.0. The summed E-state index contributed by atoms with van der Waals surface area (Å²) in [5.41, 5.74) is 5.95. The Hall–Kier alpha value is -0.810. The molecule has 0 radical (unpaired) electrons. The average molecular weight is 303 g/mol. The van der Waals surface area contributed by atoms with Crippen molar-refractivity contribution >= 4 is 34.5 Å². The molecule has 2 aromatic rings. The number of halogens is 2. The Morgan fingerprint density at radius 3 is 2.67 bits per heavy atom. The van der Waals surface area contributed by atoms with Crippen LogP contribution in [0.1, 0.15) is 17.9 Å². The molecular formula is C12H12Cl2N2OS. The molecule has 0 aliphatic heterocycles. The van der Waals surface area contributed by atoms with Crippen LogP contribution in [0.5, 0.6) is 5.75 Å². The summed E-state index contributed by atoms with van der Waals surface area (Å²) in [6, 6.07) is 5.29. The number of nitrogens with zero attached hydrogens (tertiary/aromatic N) is 1. The minimum atomic E-state index is -0.261. The van der Waals surface area contributed by atoms with Crippen LogP contribution in [0.2, 0.25) is 9.36 Å². The number of hydrogen-bond acceptors (Lipinski definition) is 4. The van der Waals surface area contributed by atoms with Crippen molar-refractivity contribution in [2.75, 3.05) is 0 Å². The van der Waals surface area contributed by atoms with Crippen LogP contribution in [0.4, 0.5) is 0 Å². The van der Waals surface area contributed by atoms with Crippen LogP contribution in [-0.2, 0) is 0 Å². The highest BCUT2D eigenvalue weighted by molar-refractivity contribution is 7.16. The molecule has 0 bridgehead atoms. The fourth-order valence-electron chi connectivity index (χ4n) is 1.51. The van der Waals surface area contributed by atoms with Crippen molar-refractivity contribution < 1.29 is 4.74 Å². The van der Waals surface area contributed by atoms with Gasteiger partial charge in [0, 0.05) is 23.2 Å². The highest BCUT2D eigenvalue weighted by Gasteiger charge is 2.20. The summed E-state index contributed by atoms with van der Waals surface area (Å²) in [6.45, 7) is 1.89.